The van der Waals surface area contributed by atoms with E-state index in [1.807, 2.05) is 11.3 Å². The molecule has 10 aromatic rings. The summed E-state index contributed by atoms with van der Waals surface area (Å²) in [7, 11) is 0. The average molecular weight is 895 g/mol. The van der Waals surface area contributed by atoms with Crippen LogP contribution in [-0.4, -0.2) is 6.85 Å². The first-order valence-electron chi connectivity index (χ1n) is 24.1. The van der Waals surface area contributed by atoms with Crippen LogP contribution in [0.2, 0.25) is 0 Å². The molecule has 0 spiro atoms. The molecule has 0 amide bonds. The fourth-order valence-corrected chi connectivity index (χ4v) is 12.4. The van der Waals surface area contributed by atoms with Crippen LogP contribution in [0.1, 0.15) is 63.8 Å². The maximum atomic E-state index is 2.69. The van der Waals surface area contributed by atoms with Crippen LogP contribution in [0.5, 0.6) is 0 Å². The molecular formula is C64H55BN2S. The van der Waals surface area contributed by atoms with Gasteiger partial charge in [0.15, 0.2) is 0 Å². The lowest BCUT2D eigenvalue weighted by atomic mass is 9.43. The molecule has 0 radical (unpaired) electrons. The SMILES string of the molecule is Cc1cccc(C)c1-c1cc2c3c(c1)N(c1ccc(C(C)(C)C)cc1-c1ccccc1)c1ccc4c(sc5ccccc54)c1B3N(c1ccc(C(C)(C)C)cc1)c1cc(-c3ccccc3)ccc1-2. The van der Waals surface area contributed by atoms with Crippen molar-refractivity contribution in [1.82, 2.24) is 0 Å². The third kappa shape index (κ3) is 6.75. The van der Waals surface area contributed by atoms with Gasteiger partial charge in [-0.25, -0.2) is 0 Å². The topological polar surface area (TPSA) is 6.48 Å². The van der Waals surface area contributed by atoms with E-state index in [0.717, 1.165) is 0 Å². The normalized spacial score (nSPS) is 13.2. The van der Waals surface area contributed by atoms with Crippen molar-refractivity contribution in [1.29, 1.82) is 0 Å². The van der Waals surface area contributed by atoms with E-state index in [1.165, 1.54) is 126 Å². The summed E-state index contributed by atoms with van der Waals surface area (Å²) in [6, 6.07) is 71.4. The van der Waals surface area contributed by atoms with Gasteiger partial charge in [-0.2, -0.15) is 0 Å². The molecule has 330 valence electrons. The van der Waals surface area contributed by atoms with Crippen LogP contribution in [0.25, 0.3) is 64.7 Å². The van der Waals surface area contributed by atoms with Crippen molar-refractivity contribution in [2.24, 2.45) is 0 Å². The van der Waals surface area contributed by atoms with Gasteiger partial charge in [-0.1, -0.05) is 175 Å². The number of rotatable bonds is 5. The molecule has 0 N–H and O–H groups in total. The van der Waals surface area contributed by atoms with Crippen molar-refractivity contribution in [3.63, 3.8) is 0 Å². The highest BCUT2D eigenvalue weighted by Crippen LogP contribution is 2.52. The molecule has 1 aromatic heterocycles. The summed E-state index contributed by atoms with van der Waals surface area (Å²) in [5.41, 5.74) is 23.7. The first-order valence-corrected chi connectivity index (χ1v) is 24.9. The molecule has 68 heavy (non-hydrogen) atoms. The van der Waals surface area contributed by atoms with Gasteiger partial charge in [0, 0.05) is 54.0 Å². The summed E-state index contributed by atoms with van der Waals surface area (Å²) in [6.07, 6.45) is 0. The van der Waals surface area contributed by atoms with E-state index in [4.69, 9.17) is 0 Å². The molecule has 0 atom stereocenters. The van der Waals surface area contributed by atoms with Gasteiger partial charge < -0.3 is 9.71 Å². The molecule has 2 aliphatic heterocycles. The molecule has 3 heterocycles. The second kappa shape index (κ2) is 15.7. The first-order chi connectivity index (χ1) is 32.8. The summed E-state index contributed by atoms with van der Waals surface area (Å²) in [4.78, 5) is 5.34. The molecule has 4 heteroatoms. The number of nitrogens with zero attached hydrogens (tertiary/aromatic N) is 2. The summed E-state index contributed by atoms with van der Waals surface area (Å²) in [6.45, 7) is 18.3. The zero-order valence-electron chi connectivity index (χ0n) is 40.3. The molecule has 12 rings (SSSR count). The highest BCUT2D eigenvalue weighted by atomic mass is 32.1. The zero-order valence-corrected chi connectivity index (χ0v) is 41.1. The van der Waals surface area contributed by atoms with E-state index >= 15 is 0 Å². The van der Waals surface area contributed by atoms with Crippen LogP contribution in [0, 0.1) is 13.8 Å². The first kappa shape index (κ1) is 42.2. The third-order valence-corrected chi connectivity index (χ3v) is 15.9. The van der Waals surface area contributed by atoms with Gasteiger partial charge in [-0.3, -0.25) is 0 Å². The Bertz CT molecular complexity index is 3590. The van der Waals surface area contributed by atoms with Gasteiger partial charge in [0.1, 0.15) is 0 Å². The van der Waals surface area contributed by atoms with Crippen LogP contribution in [0.4, 0.5) is 28.4 Å². The van der Waals surface area contributed by atoms with E-state index in [-0.39, 0.29) is 17.7 Å². The van der Waals surface area contributed by atoms with Crippen molar-refractivity contribution >= 4 is 77.7 Å². The zero-order chi connectivity index (χ0) is 46.6. The number of thiophene rings is 1. The van der Waals surface area contributed by atoms with Crippen molar-refractivity contribution in [3.05, 3.63) is 210 Å². The molecular weight excluding hydrogens is 840 g/mol. The molecule has 2 nitrogen and oxygen atoms in total. The largest absolute Gasteiger partial charge is 0.376 e. The Balaban J connectivity index is 1.26. The van der Waals surface area contributed by atoms with Crippen LogP contribution in [-0.2, 0) is 10.8 Å². The smallest absolute Gasteiger partial charge is 0.334 e. The maximum absolute atomic E-state index is 2.69. The fraction of sp³-hybridized carbons (Fsp3) is 0.156. The molecule has 0 saturated carbocycles. The lowest BCUT2D eigenvalue weighted by Gasteiger charge is -2.46. The summed E-state index contributed by atoms with van der Waals surface area (Å²) in [5.74, 6) is 0. The minimum atomic E-state index is -0.150. The summed E-state index contributed by atoms with van der Waals surface area (Å²) < 4.78 is 2.64. The van der Waals surface area contributed by atoms with Crippen LogP contribution < -0.4 is 20.6 Å². The monoisotopic (exact) mass is 894 g/mol. The Kier molecular flexibility index (Phi) is 9.77. The molecule has 0 saturated heterocycles. The van der Waals surface area contributed by atoms with Crippen LogP contribution in [0.15, 0.2) is 188 Å². The lowest BCUT2D eigenvalue weighted by molar-refractivity contribution is 0.590. The molecule has 0 aliphatic carbocycles. The predicted octanol–water partition coefficient (Wildman–Crippen LogP) is 17.0. The van der Waals surface area contributed by atoms with Gasteiger partial charge >= 0.3 is 6.85 Å². The van der Waals surface area contributed by atoms with Crippen LogP contribution in [0.3, 0.4) is 0 Å². The Morgan fingerprint density at radius 2 is 1.04 bits per heavy atom. The third-order valence-electron chi connectivity index (χ3n) is 14.6. The van der Waals surface area contributed by atoms with Crippen molar-refractivity contribution in [2.75, 3.05) is 9.71 Å². The minimum Gasteiger partial charge on any atom is -0.376 e. The Morgan fingerprint density at radius 3 is 1.75 bits per heavy atom. The Labute approximate surface area is 406 Å². The van der Waals surface area contributed by atoms with Gasteiger partial charge in [0.25, 0.3) is 0 Å². The average Bonchev–Trinajstić information content (AvgIpc) is 3.73. The number of fused-ring (bicyclic) bond motifs is 8. The fourth-order valence-electron chi connectivity index (χ4n) is 11.2. The van der Waals surface area contributed by atoms with Gasteiger partial charge in [-0.05, 0) is 146 Å². The molecule has 9 aromatic carbocycles. The standard InChI is InChI=1S/C64H55BN2S/c1-40-18-17-19-41(2)59(40)45-36-53-49-32-26-44(42-20-11-9-12-21-42)37-56(49)67(48-30-27-46(28-31-48)63(3,4)5)65-60(53)57(38-45)66(55-35-33-51-50-24-15-16-25-58(50)68-62(51)61(55)65)54-34-29-47(64(6,7)8)39-52(54)43-22-13-10-14-23-43/h9-39H,1-8H3. The van der Waals surface area contributed by atoms with E-state index in [2.05, 4.69) is 253 Å². The van der Waals surface area contributed by atoms with Crippen molar-refractivity contribution in [3.8, 4) is 44.5 Å². The van der Waals surface area contributed by atoms with Crippen molar-refractivity contribution < 1.29 is 0 Å². The predicted molar refractivity (Wildman–Crippen MR) is 296 cm³/mol. The van der Waals surface area contributed by atoms with Crippen molar-refractivity contribution in [2.45, 2.75) is 66.2 Å². The second-order valence-electron chi connectivity index (χ2n) is 21.0. The van der Waals surface area contributed by atoms with E-state index in [1.54, 1.807) is 0 Å². The van der Waals surface area contributed by atoms with Gasteiger partial charge in [0.05, 0.1) is 5.69 Å². The van der Waals surface area contributed by atoms with E-state index < -0.39 is 0 Å². The van der Waals surface area contributed by atoms with Gasteiger partial charge in [0.2, 0.25) is 0 Å². The molecule has 0 bridgehead atoms. The Hall–Kier alpha value is -7.14. The number of hydrogen-bond donors (Lipinski definition) is 0. The maximum Gasteiger partial charge on any atom is 0.334 e. The summed E-state index contributed by atoms with van der Waals surface area (Å²) >= 11 is 1.94. The minimum absolute atomic E-state index is 0.0167. The van der Waals surface area contributed by atoms with E-state index in [0.29, 0.717) is 0 Å². The number of hydrogen-bond acceptors (Lipinski definition) is 3. The highest BCUT2D eigenvalue weighted by Gasteiger charge is 2.47. The Morgan fingerprint density at radius 1 is 0.412 bits per heavy atom. The summed E-state index contributed by atoms with van der Waals surface area (Å²) in [5, 5.41) is 2.61. The molecule has 2 aliphatic rings. The quantitative estimate of drug-likeness (QED) is 0.159. The highest BCUT2D eigenvalue weighted by molar-refractivity contribution is 7.27. The van der Waals surface area contributed by atoms with Crippen LogP contribution >= 0.6 is 11.3 Å². The number of aryl methyl sites for hydroxylation is 2. The lowest BCUT2D eigenvalue weighted by Crippen LogP contribution is -2.61. The molecule has 0 fully saturated rings. The van der Waals surface area contributed by atoms with Gasteiger partial charge in [-0.15, -0.1) is 11.3 Å². The van der Waals surface area contributed by atoms with E-state index in [9.17, 15) is 0 Å². The second-order valence-corrected chi connectivity index (χ2v) is 22.1. The number of anilines is 5. The number of benzene rings is 9. The molecule has 0 unspecified atom stereocenters.